The molecule has 0 aromatic rings. The van der Waals surface area contributed by atoms with Crippen LogP contribution in [-0.4, -0.2) is 41.1 Å². The van der Waals surface area contributed by atoms with Crippen molar-refractivity contribution in [3.05, 3.63) is 0 Å². The monoisotopic (exact) mass is 284 g/mol. The summed E-state index contributed by atoms with van der Waals surface area (Å²) in [6.45, 7) is 11.6. The first-order valence-electron chi connectivity index (χ1n) is 7.53. The highest BCUT2D eigenvalue weighted by Gasteiger charge is 2.38. The molecule has 2 unspecified atom stereocenters. The third-order valence-electron chi connectivity index (χ3n) is 4.53. The second-order valence-electron chi connectivity index (χ2n) is 6.51. The average Bonchev–Trinajstić information content (AvgIpc) is 2.70. The van der Waals surface area contributed by atoms with Crippen molar-refractivity contribution in [1.29, 1.82) is 0 Å². The summed E-state index contributed by atoms with van der Waals surface area (Å²) in [6.07, 6.45) is 0.543. The first-order chi connectivity index (χ1) is 9.25. The summed E-state index contributed by atoms with van der Waals surface area (Å²) in [5.74, 6) is 0.213. The van der Waals surface area contributed by atoms with Crippen molar-refractivity contribution in [2.75, 3.05) is 13.1 Å². The molecule has 5 nitrogen and oxygen atoms in total. The maximum absolute atomic E-state index is 12.2. The van der Waals surface area contributed by atoms with E-state index in [0.717, 1.165) is 0 Å². The van der Waals surface area contributed by atoms with Crippen molar-refractivity contribution >= 4 is 12.0 Å². The van der Waals surface area contributed by atoms with Crippen molar-refractivity contribution in [2.24, 2.45) is 23.7 Å². The van der Waals surface area contributed by atoms with Gasteiger partial charge in [0.2, 0.25) is 0 Å². The molecule has 2 atom stereocenters. The molecule has 1 rings (SSSR count). The fourth-order valence-corrected chi connectivity index (χ4v) is 3.10. The van der Waals surface area contributed by atoms with Crippen LogP contribution in [0.25, 0.3) is 0 Å². The Labute approximate surface area is 121 Å². The van der Waals surface area contributed by atoms with Gasteiger partial charge in [0.05, 0.1) is 5.92 Å². The molecule has 2 amide bonds. The van der Waals surface area contributed by atoms with Crippen molar-refractivity contribution in [3.8, 4) is 0 Å². The predicted octanol–water partition coefficient (Wildman–Crippen LogP) is 2.42. The number of aliphatic carboxylic acids is 1. The molecule has 1 fully saturated rings. The van der Waals surface area contributed by atoms with Crippen LogP contribution in [-0.2, 0) is 4.79 Å². The number of hydrogen-bond acceptors (Lipinski definition) is 2. The fourth-order valence-electron chi connectivity index (χ4n) is 3.10. The molecule has 0 spiro atoms. The molecule has 116 valence electrons. The molecule has 0 radical (unpaired) electrons. The van der Waals surface area contributed by atoms with Gasteiger partial charge >= 0.3 is 12.0 Å². The van der Waals surface area contributed by atoms with E-state index in [1.807, 2.05) is 6.92 Å². The SMILES string of the molecule is CC(C)C(CNC(=O)N1CCC(C(=O)O)C1C)C(C)C. The topological polar surface area (TPSA) is 69.6 Å². The van der Waals surface area contributed by atoms with Crippen LogP contribution in [0, 0.1) is 23.7 Å². The molecule has 0 aromatic carbocycles. The predicted molar refractivity (Wildman–Crippen MR) is 78.5 cm³/mol. The van der Waals surface area contributed by atoms with Gasteiger partial charge in [-0.2, -0.15) is 0 Å². The van der Waals surface area contributed by atoms with Gasteiger partial charge in [0, 0.05) is 19.1 Å². The van der Waals surface area contributed by atoms with Crippen LogP contribution in [0.1, 0.15) is 41.0 Å². The minimum atomic E-state index is -0.810. The minimum absolute atomic E-state index is 0.132. The lowest BCUT2D eigenvalue weighted by atomic mass is 9.85. The molecular weight excluding hydrogens is 256 g/mol. The van der Waals surface area contributed by atoms with Gasteiger partial charge in [0.1, 0.15) is 0 Å². The number of amides is 2. The van der Waals surface area contributed by atoms with Crippen LogP contribution < -0.4 is 5.32 Å². The lowest BCUT2D eigenvalue weighted by Gasteiger charge is -2.28. The van der Waals surface area contributed by atoms with Crippen molar-refractivity contribution in [1.82, 2.24) is 10.2 Å². The summed E-state index contributed by atoms with van der Waals surface area (Å²) in [7, 11) is 0. The first kappa shape index (κ1) is 16.8. The molecule has 0 bridgehead atoms. The van der Waals surface area contributed by atoms with E-state index < -0.39 is 11.9 Å². The zero-order valence-corrected chi connectivity index (χ0v) is 13.2. The number of likely N-dealkylation sites (tertiary alicyclic amines) is 1. The number of rotatable bonds is 5. The van der Waals surface area contributed by atoms with Crippen LogP contribution in [0.3, 0.4) is 0 Å². The summed E-state index contributed by atoms with van der Waals surface area (Å²) in [5.41, 5.74) is 0. The number of urea groups is 1. The van der Waals surface area contributed by atoms with Crippen molar-refractivity contribution in [3.63, 3.8) is 0 Å². The first-order valence-corrected chi connectivity index (χ1v) is 7.53. The van der Waals surface area contributed by atoms with E-state index >= 15 is 0 Å². The molecule has 20 heavy (non-hydrogen) atoms. The number of hydrogen-bond donors (Lipinski definition) is 2. The van der Waals surface area contributed by atoms with Gasteiger partial charge in [0.15, 0.2) is 0 Å². The largest absolute Gasteiger partial charge is 0.481 e. The zero-order valence-electron chi connectivity index (χ0n) is 13.2. The summed E-state index contributed by atoms with van der Waals surface area (Å²) >= 11 is 0. The normalized spacial score (nSPS) is 22.9. The summed E-state index contributed by atoms with van der Waals surface area (Å²) in [6, 6.07) is -0.364. The van der Waals surface area contributed by atoms with E-state index in [9.17, 15) is 9.59 Å². The van der Waals surface area contributed by atoms with Gasteiger partial charge in [-0.25, -0.2) is 4.79 Å². The van der Waals surface area contributed by atoms with E-state index in [2.05, 4.69) is 33.0 Å². The molecule has 0 aromatic heterocycles. The quantitative estimate of drug-likeness (QED) is 0.814. The van der Waals surface area contributed by atoms with Crippen LogP contribution in [0.5, 0.6) is 0 Å². The second-order valence-corrected chi connectivity index (χ2v) is 6.51. The highest BCUT2D eigenvalue weighted by molar-refractivity contribution is 5.78. The molecule has 1 aliphatic rings. The highest BCUT2D eigenvalue weighted by atomic mass is 16.4. The van der Waals surface area contributed by atoms with E-state index in [4.69, 9.17) is 5.11 Å². The zero-order chi connectivity index (χ0) is 15.4. The fraction of sp³-hybridized carbons (Fsp3) is 0.867. The van der Waals surface area contributed by atoms with Gasteiger partial charge in [-0.1, -0.05) is 27.7 Å². The number of carboxylic acid groups (broad SMARTS) is 1. The Hall–Kier alpha value is -1.26. The molecule has 1 aliphatic heterocycles. The van der Waals surface area contributed by atoms with E-state index in [-0.39, 0.29) is 12.1 Å². The maximum Gasteiger partial charge on any atom is 0.317 e. The molecule has 1 heterocycles. The number of carbonyl (C=O) groups excluding carboxylic acids is 1. The van der Waals surface area contributed by atoms with E-state index in [1.165, 1.54) is 0 Å². The number of carbonyl (C=O) groups is 2. The average molecular weight is 284 g/mol. The summed E-state index contributed by atoms with van der Waals surface area (Å²) < 4.78 is 0. The molecule has 5 heteroatoms. The number of nitrogens with one attached hydrogen (secondary N) is 1. The Morgan fingerprint density at radius 2 is 1.80 bits per heavy atom. The summed E-state index contributed by atoms with van der Waals surface area (Å²) in [4.78, 5) is 24.9. The minimum Gasteiger partial charge on any atom is -0.481 e. The lowest BCUT2D eigenvalue weighted by molar-refractivity contribution is -0.142. The third kappa shape index (κ3) is 3.87. The number of carboxylic acids is 1. The van der Waals surface area contributed by atoms with Gasteiger partial charge < -0.3 is 15.3 Å². The third-order valence-corrected chi connectivity index (χ3v) is 4.53. The van der Waals surface area contributed by atoms with Crippen LogP contribution in [0.4, 0.5) is 4.79 Å². The Balaban J connectivity index is 2.53. The Morgan fingerprint density at radius 1 is 1.25 bits per heavy atom. The van der Waals surface area contributed by atoms with E-state index in [0.29, 0.717) is 37.3 Å². The molecule has 1 saturated heterocycles. The van der Waals surface area contributed by atoms with Gasteiger partial charge in [-0.15, -0.1) is 0 Å². The number of nitrogens with zero attached hydrogens (tertiary/aromatic N) is 1. The van der Waals surface area contributed by atoms with Crippen LogP contribution >= 0.6 is 0 Å². The summed E-state index contributed by atoms with van der Waals surface area (Å²) in [5, 5.41) is 12.1. The molecular formula is C15H28N2O3. The van der Waals surface area contributed by atoms with Crippen molar-refractivity contribution < 1.29 is 14.7 Å². The van der Waals surface area contributed by atoms with Crippen molar-refractivity contribution in [2.45, 2.75) is 47.1 Å². The standard InChI is InChI=1S/C15H28N2O3/c1-9(2)13(10(3)4)8-16-15(20)17-7-6-12(11(17)5)14(18)19/h9-13H,6-8H2,1-5H3,(H,16,20)(H,18,19). The van der Waals surface area contributed by atoms with Gasteiger partial charge in [0.25, 0.3) is 0 Å². The Kier molecular flexibility index (Phi) is 5.84. The lowest BCUT2D eigenvalue weighted by Crippen LogP contribution is -2.46. The highest BCUT2D eigenvalue weighted by Crippen LogP contribution is 2.25. The van der Waals surface area contributed by atoms with Crippen LogP contribution in [0.2, 0.25) is 0 Å². The molecule has 0 aliphatic carbocycles. The van der Waals surface area contributed by atoms with Crippen LogP contribution in [0.15, 0.2) is 0 Å². The van der Waals surface area contributed by atoms with E-state index in [1.54, 1.807) is 4.90 Å². The second kappa shape index (κ2) is 6.95. The van der Waals surface area contributed by atoms with Gasteiger partial charge in [-0.3, -0.25) is 4.79 Å². The molecule has 2 N–H and O–H groups in total. The Morgan fingerprint density at radius 3 is 2.20 bits per heavy atom. The molecule has 0 saturated carbocycles. The van der Waals surface area contributed by atoms with Gasteiger partial charge in [-0.05, 0) is 31.1 Å². The smallest absolute Gasteiger partial charge is 0.317 e. The Bertz CT molecular complexity index is 347. The maximum atomic E-state index is 12.2.